The van der Waals surface area contributed by atoms with Crippen LogP contribution >= 0.6 is 0 Å². The van der Waals surface area contributed by atoms with Crippen molar-refractivity contribution in [3.8, 4) is 0 Å². The third-order valence-corrected chi connectivity index (χ3v) is 6.35. The molecule has 0 bridgehead atoms. The molecule has 4 aliphatic rings. The third-order valence-electron chi connectivity index (χ3n) is 6.35. The molecular formula is C34H40Fe2N4+4. The van der Waals surface area contributed by atoms with Crippen LogP contribution in [0.1, 0.15) is 40.5 Å². The fourth-order valence-corrected chi connectivity index (χ4v) is 3.95. The zero-order valence-electron chi connectivity index (χ0n) is 24.0. The summed E-state index contributed by atoms with van der Waals surface area (Å²) in [5, 5.41) is 0. The van der Waals surface area contributed by atoms with Crippen molar-refractivity contribution in [2.24, 2.45) is 20.0 Å². The van der Waals surface area contributed by atoms with Crippen LogP contribution in [0.15, 0.2) is 20.0 Å². The van der Waals surface area contributed by atoms with Gasteiger partial charge < -0.3 is 0 Å². The van der Waals surface area contributed by atoms with Crippen molar-refractivity contribution >= 4 is 22.8 Å². The number of hydrogen-bond acceptors (Lipinski definition) is 4. The van der Waals surface area contributed by atoms with E-state index in [9.17, 15) is 0 Å². The second kappa shape index (κ2) is 22.3. The second-order valence-electron chi connectivity index (χ2n) is 9.27. The number of hydrogen-bond donors (Lipinski definition) is 0. The molecule has 6 heteroatoms. The van der Waals surface area contributed by atoms with E-state index in [1.807, 2.05) is 51.4 Å². The Bertz CT molecular complexity index is 650. The van der Waals surface area contributed by atoms with Crippen LogP contribution in [0.5, 0.6) is 0 Å². The molecule has 0 N–H and O–H groups in total. The number of aliphatic imine (C=N–C) groups is 4. The Morgan fingerprint density at radius 1 is 0.375 bits per heavy atom. The average Bonchev–Trinajstić information content (AvgIpc) is 3.75. The molecule has 0 aliphatic heterocycles. The van der Waals surface area contributed by atoms with Gasteiger partial charge in [-0.3, -0.25) is 20.0 Å². The van der Waals surface area contributed by atoms with E-state index < -0.39 is 0 Å². The fraction of sp³-hybridized carbons (Fsp3) is 0.294. The van der Waals surface area contributed by atoms with Gasteiger partial charge in [-0.05, 0) is 143 Å². The molecule has 4 aliphatic carbocycles. The van der Waals surface area contributed by atoms with Crippen molar-refractivity contribution in [3.63, 3.8) is 0 Å². The van der Waals surface area contributed by atoms with Gasteiger partial charge in [0.15, 0.2) is 0 Å². The molecule has 0 aromatic heterocycles. The molecule has 4 fully saturated rings. The van der Waals surface area contributed by atoms with Crippen molar-refractivity contribution < 1.29 is 34.1 Å². The SMILES string of the molecule is CC(=NCCCN=C(C)[C]1[CH][CH][CH][CH]1)[C]1[CH][CH][CH][CH]1.CC(=NCCCN=C(C)[C]1[CH][CH][CH][CH]1)[C]1[CH][CH][CH][CH]1.[Fe+2].[Fe+2]. The summed E-state index contributed by atoms with van der Waals surface area (Å²) in [6.45, 7) is 11.6. The molecule has 0 aromatic rings. The first-order chi connectivity index (χ1) is 18.5. The Labute approximate surface area is 269 Å². The van der Waals surface area contributed by atoms with Crippen LogP contribution < -0.4 is 0 Å². The Morgan fingerprint density at radius 2 is 0.550 bits per heavy atom. The van der Waals surface area contributed by atoms with Crippen LogP contribution in [0, 0.1) is 126 Å². The summed E-state index contributed by atoms with van der Waals surface area (Å²) >= 11 is 0. The van der Waals surface area contributed by atoms with Crippen LogP contribution in [0.2, 0.25) is 0 Å². The molecule has 20 radical (unpaired) electrons. The summed E-state index contributed by atoms with van der Waals surface area (Å²) in [6, 6.07) is 0. The van der Waals surface area contributed by atoms with Gasteiger partial charge in [-0.2, -0.15) is 0 Å². The van der Waals surface area contributed by atoms with Crippen molar-refractivity contribution in [1.82, 2.24) is 0 Å². The maximum absolute atomic E-state index is 4.57. The van der Waals surface area contributed by atoms with Crippen LogP contribution in [-0.4, -0.2) is 49.0 Å². The molecule has 0 amide bonds. The van der Waals surface area contributed by atoms with E-state index >= 15 is 0 Å². The summed E-state index contributed by atoms with van der Waals surface area (Å²) in [5.41, 5.74) is 4.45. The quantitative estimate of drug-likeness (QED) is 0.142. The first-order valence-corrected chi connectivity index (χ1v) is 13.5. The Kier molecular flexibility index (Phi) is 21.0. The average molecular weight is 616 g/mol. The van der Waals surface area contributed by atoms with Crippen molar-refractivity contribution in [2.45, 2.75) is 40.5 Å². The maximum Gasteiger partial charge on any atom is 2.00 e. The molecule has 0 heterocycles. The minimum atomic E-state index is 0. The van der Waals surface area contributed by atoms with E-state index in [-0.39, 0.29) is 34.1 Å². The van der Waals surface area contributed by atoms with Crippen molar-refractivity contribution in [3.05, 3.63) is 126 Å². The van der Waals surface area contributed by atoms with E-state index in [1.54, 1.807) is 0 Å². The van der Waals surface area contributed by atoms with Gasteiger partial charge >= 0.3 is 34.1 Å². The zero-order valence-corrected chi connectivity index (χ0v) is 26.2. The van der Waals surface area contributed by atoms with Crippen LogP contribution in [-0.2, 0) is 34.1 Å². The number of nitrogens with zero attached hydrogens (tertiary/aromatic N) is 4. The standard InChI is InChI=1S/2C17H20N2.2Fe/c2*1-14(16-8-3-4-9-16)18-12-7-13-19-15(2)17-10-5-6-11-17;;/h2*3-6,8-11H,7,12-13H2,1-2H3;;/q;;2*+2. The van der Waals surface area contributed by atoms with Gasteiger partial charge in [-0.1, -0.05) is 0 Å². The molecule has 0 saturated heterocycles. The monoisotopic (exact) mass is 616 g/mol. The summed E-state index contributed by atoms with van der Waals surface area (Å²) < 4.78 is 0. The van der Waals surface area contributed by atoms with E-state index in [4.69, 9.17) is 0 Å². The van der Waals surface area contributed by atoms with E-state index in [0.29, 0.717) is 0 Å². The van der Waals surface area contributed by atoms with Gasteiger partial charge in [-0.15, -0.1) is 0 Å². The van der Waals surface area contributed by atoms with Crippen LogP contribution in [0.3, 0.4) is 0 Å². The molecule has 0 spiro atoms. The minimum Gasteiger partial charge on any atom is -0.294 e. The normalized spacial score (nSPS) is 22.3. The summed E-state index contributed by atoms with van der Waals surface area (Å²) in [6.07, 6.45) is 35.1. The molecular weight excluding hydrogens is 576 g/mol. The predicted molar refractivity (Wildman–Crippen MR) is 163 cm³/mol. The van der Waals surface area contributed by atoms with Crippen molar-refractivity contribution in [1.29, 1.82) is 0 Å². The molecule has 0 unspecified atom stereocenters. The smallest absolute Gasteiger partial charge is 0.294 e. The fourth-order valence-electron chi connectivity index (χ4n) is 3.95. The largest absolute Gasteiger partial charge is 2.00 e. The minimum absolute atomic E-state index is 0. The molecule has 0 aromatic carbocycles. The number of rotatable bonds is 12. The Balaban J connectivity index is 0.000000381. The van der Waals surface area contributed by atoms with Gasteiger partial charge in [0, 0.05) is 72.7 Å². The Morgan fingerprint density at radius 3 is 0.725 bits per heavy atom. The van der Waals surface area contributed by atoms with Crippen molar-refractivity contribution in [2.75, 3.05) is 26.2 Å². The predicted octanol–water partition coefficient (Wildman–Crippen LogP) is 6.21. The maximum atomic E-state index is 4.57. The van der Waals surface area contributed by atoms with Gasteiger partial charge in [0.05, 0.1) is 0 Å². The third kappa shape index (κ3) is 14.3. The summed E-state index contributed by atoms with van der Waals surface area (Å²) in [7, 11) is 0. The van der Waals surface area contributed by atoms with Gasteiger partial charge in [-0.25, -0.2) is 0 Å². The molecule has 4 rings (SSSR count). The van der Waals surface area contributed by atoms with E-state index in [2.05, 4.69) is 99.0 Å². The molecule has 0 atom stereocenters. The van der Waals surface area contributed by atoms with Gasteiger partial charge in [0.1, 0.15) is 0 Å². The molecule has 4 nitrogen and oxygen atoms in total. The summed E-state index contributed by atoms with van der Waals surface area (Å²) in [4.78, 5) is 18.3. The zero-order chi connectivity index (χ0) is 27.0. The van der Waals surface area contributed by atoms with E-state index in [0.717, 1.165) is 61.9 Å². The Hall–Kier alpha value is -0.281. The van der Waals surface area contributed by atoms with Gasteiger partial charge in [0.25, 0.3) is 0 Å². The molecule has 4 saturated carbocycles. The second-order valence-corrected chi connectivity index (χ2v) is 9.27. The van der Waals surface area contributed by atoms with Gasteiger partial charge in [0.2, 0.25) is 0 Å². The summed E-state index contributed by atoms with van der Waals surface area (Å²) in [5.74, 6) is 4.88. The van der Waals surface area contributed by atoms with Crippen LogP contribution in [0.25, 0.3) is 0 Å². The van der Waals surface area contributed by atoms with Crippen LogP contribution in [0.4, 0.5) is 0 Å². The molecule has 40 heavy (non-hydrogen) atoms. The first-order valence-electron chi connectivity index (χ1n) is 13.5. The first kappa shape index (κ1) is 37.7. The topological polar surface area (TPSA) is 49.4 Å². The van der Waals surface area contributed by atoms with E-state index in [1.165, 1.54) is 23.7 Å². The molecule has 208 valence electrons.